The molecule has 15 heteroatoms. The van der Waals surface area contributed by atoms with E-state index >= 15 is 0 Å². The molecule has 51 heavy (non-hydrogen) atoms. The van der Waals surface area contributed by atoms with Gasteiger partial charge in [0, 0.05) is 12.0 Å². The van der Waals surface area contributed by atoms with Crippen LogP contribution in [0.5, 0.6) is 5.75 Å². The van der Waals surface area contributed by atoms with Crippen LogP contribution >= 0.6 is 0 Å². The topological polar surface area (TPSA) is 184 Å². The number of ketones is 1. The quantitative estimate of drug-likeness (QED) is 0.0937. The van der Waals surface area contributed by atoms with Gasteiger partial charge in [0.05, 0.1) is 35.8 Å². The Balaban J connectivity index is 2.30. The van der Waals surface area contributed by atoms with Gasteiger partial charge in [-0.2, -0.15) is 0 Å². The number of carbonyl (C=O) groups excluding carboxylic acids is 5. The maximum absolute atomic E-state index is 13.7. The molecule has 0 saturated carbocycles. The predicted octanol–water partition coefficient (Wildman–Crippen LogP) is 5.38. The summed E-state index contributed by atoms with van der Waals surface area (Å²) in [5.74, 6) is -3.33. The summed E-state index contributed by atoms with van der Waals surface area (Å²) < 4.78 is 50.2. The molecule has 2 N–H and O–H groups in total. The van der Waals surface area contributed by atoms with Gasteiger partial charge in [0.1, 0.15) is 11.9 Å². The number of Topliss-reactive ketones (excluding diaryl/α,β-unsaturated/α-hetero) is 1. The van der Waals surface area contributed by atoms with Crippen molar-refractivity contribution >= 4 is 45.4 Å². The Bertz CT molecular complexity index is 1500. The summed E-state index contributed by atoms with van der Waals surface area (Å²) in [5.41, 5.74) is -2.62. The summed E-state index contributed by atoms with van der Waals surface area (Å²) in [6.45, 7) is 16.3. The Morgan fingerprint density at radius 3 is 2.14 bits per heavy atom. The summed E-state index contributed by atoms with van der Waals surface area (Å²) in [4.78, 5) is 67.0. The molecule has 0 radical (unpaired) electrons. The van der Waals surface area contributed by atoms with Gasteiger partial charge in [-0.25, -0.2) is 27.6 Å². The summed E-state index contributed by atoms with van der Waals surface area (Å²) in [6.07, 6.45) is 2.87. The lowest BCUT2D eigenvalue weighted by molar-refractivity contribution is -0.145. The zero-order valence-corrected chi connectivity index (χ0v) is 32.6. The first-order valence-corrected chi connectivity index (χ1v) is 19.3. The summed E-state index contributed by atoms with van der Waals surface area (Å²) >= 11 is 0. The van der Waals surface area contributed by atoms with Crippen LogP contribution in [0.2, 0.25) is 0 Å². The van der Waals surface area contributed by atoms with Gasteiger partial charge in [0.2, 0.25) is 10.0 Å². The first-order chi connectivity index (χ1) is 23.6. The van der Waals surface area contributed by atoms with Gasteiger partial charge in [-0.05, 0) is 66.2 Å². The lowest BCUT2D eigenvalue weighted by Crippen LogP contribution is -2.55. The first-order valence-electron chi connectivity index (χ1n) is 17.6. The highest BCUT2D eigenvalue weighted by molar-refractivity contribution is 7.89. The molecule has 2 rings (SSSR count). The third kappa shape index (κ3) is 13.5. The Morgan fingerprint density at radius 1 is 0.961 bits per heavy atom. The van der Waals surface area contributed by atoms with E-state index in [0.29, 0.717) is 11.3 Å². The third-order valence-corrected chi connectivity index (χ3v) is 9.22. The number of hydrogen-bond acceptors (Lipinski definition) is 11. The third-order valence-electron chi connectivity index (χ3n) is 7.79. The molecular formula is C36H57N3O11S. The average molecular weight is 740 g/mol. The highest BCUT2D eigenvalue weighted by atomic mass is 32.2. The van der Waals surface area contributed by atoms with E-state index in [4.69, 9.17) is 18.9 Å². The molecule has 0 aliphatic carbocycles. The smallest absolute Gasteiger partial charge is 0.418 e. The van der Waals surface area contributed by atoms with Crippen molar-refractivity contribution in [2.24, 2.45) is 5.41 Å². The molecule has 2 atom stereocenters. The van der Waals surface area contributed by atoms with E-state index < -0.39 is 68.9 Å². The first kappa shape index (κ1) is 43.6. The highest BCUT2D eigenvalue weighted by Crippen LogP contribution is 2.32. The number of imide groups is 1. The molecule has 1 aromatic carbocycles. The number of benzene rings is 1. The van der Waals surface area contributed by atoms with Crippen molar-refractivity contribution in [1.82, 2.24) is 9.62 Å². The zero-order valence-electron chi connectivity index (χ0n) is 31.8. The second-order valence-corrected chi connectivity index (χ2v) is 16.7. The van der Waals surface area contributed by atoms with Crippen LogP contribution in [0.4, 0.5) is 10.5 Å². The molecule has 1 aromatic rings. The number of nitrogens with zero attached hydrogens (tertiary/aromatic N) is 1. The molecule has 0 bridgehead atoms. The van der Waals surface area contributed by atoms with E-state index in [1.54, 1.807) is 48.5 Å². The molecule has 1 aliphatic rings. The Kier molecular flexibility index (Phi) is 16.1. The number of cyclic esters (lactones) is 1. The van der Waals surface area contributed by atoms with E-state index in [2.05, 4.69) is 17.0 Å². The van der Waals surface area contributed by atoms with Gasteiger partial charge < -0.3 is 24.3 Å². The van der Waals surface area contributed by atoms with Gasteiger partial charge in [0.25, 0.3) is 11.8 Å². The number of ether oxygens (including phenoxy) is 4. The van der Waals surface area contributed by atoms with Gasteiger partial charge in [-0.3, -0.25) is 14.4 Å². The number of esters is 1. The lowest BCUT2D eigenvalue weighted by atomic mass is 9.85. The number of anilines is 1. The van der Waals surface area contributed by atoms with E-state index in [0.717, 1.165) is 32.1 Å². The van der Waals surface area contributed by atoms with Crippen molar-refractivity contribution < 1.29 is 51.3 Å². The Labute approximate surface area is 302 Å². The number of nitrogens with one attached hydrogen (secondary N) is 2. The highest BCUT2D eigenvalue weighted by Gasteiger charge is 2.55. The molecule has 14 nitrogen and oxygen atoms in total. The molecule has 3 amide bonds. The van der Waals surface area contributed by atoms with Crippen LogP contribution < -0.4 is 14.8 Å². The van der Waals surface area contributed by atoms with Crippen molar-refractivity contribution in [3.8, 4) is 5.75 Å². The average Bonchev–Trinajstić information content (AvgIpc) is 3.21. The van der Waals surface area contributed by atoms with E-state index in [9.17, 15) is 32.4 Å². The van der Waals surface area contributed by atoms with Gasteiger partial charge in [-0.1, -0.05) is 59.8 Å². The number of sulfonamides is 1. The molecule has 1 aliphatic heterocycles. The minimum Gasteiger partial charge on any atom is -0.489 e. The lowest BCUT2D eigenvalue weighted by Gasteiger charge is -2.28. The number of amides is 3. The second kappa shape index (κ2) is 18.8. The molecule has 2 unspecified atom stereocenters. The summed E-state index contributed by atoms with van der Waals surface area (Å²) in [6, 6.07) is 2.20. The largest absolute Gasteiger partial charge is 0.489 e. The molecule has 288 valence electrons. The Hall–Kier alpha value is -3.56. The minimum atomic E-state index is -3.62. The van der Waals surface area contributed by atoms with Crippen LogP contribution in [-0.4, -0.2) is 91.8 Å². The number of unbranched alkanes of at least 4 members (excludes halogenated alkanes) is 5. The fraction of sp³-hybridized carbons (Fsp3) is 0.694. The summed E-state index contributed by atoms with van der Waals surface area (Å²) in [7, 11) is -3.62. The van der Waals surface area contributed by atoms with Gasteiger partial charge in [0.15, 0.2) is 17.4 Å². The van der Waals surface area contributed by atoms with Crippen molar-refractivity contribution in [2.45, 2.75) is 138 Å². The molecule has 1 fully saturated rings. The standard InChI is InChI=1S/C36H57N3O11S/c1-11-12-13-14-15-16-19-51(45,46)37-21-26(22-47-23(2)3)49-32(42)25-17-18-27(28(20-25)48-24(4)5)38-31(41)29(30(40)35(6,7)8)39-33(43)36(9,10)50-34(39)44/h17-18,20,23-24,26,29,37H,11-16,19,21-22H2,1-10H3,(H,38,41). The predicted molar refractivity (Wildman–Crippen MR) is 192 cm³/mol. The van der Waals surface area contributed by atoms with Gasteiger partial charge in [-0.15, -0.1) is 0 Å². The Morgan fingerprint density at radius 2 is 1.59 bits per heavy atom. The van der Waals surface area contributed by atoms with Crippen molar-refractivity contribution in [1.29, 1.82) is 0 Å². The molecule has 0 aromatic heterocycles. The van der Waals surface area contributed by atoms with Crippen LogP contribution in [0.3, 0.4) is 0 Å². The van der Waals surface area contributed by atoms with Crippen LogP contribution in [0, 0.1) is 5.41 Å². The molecular weight excluding hydrogens is 682 g/mol. The van der Waals surface area contributed by atoms with E-state index in [1.807, 2.05) is 0 Å². The number of rotatable bonds is 21. The maximum Gasteiger partial charge on any atom is 0.418 e. The van der Waals surface area contributed by atoms with Crippen molar-refractivity contribution in [2.75, 3.05) is 24.2 Å². The minimum absolute atomic E-state index is 0.0236. The van der Waals surface area contributed by atoms with Crippen molar-refractivity contribution in [3.63, 3.8) is 0 Å². The van der Waals surface area contributed by atoms with E-state index in [1.165, 1.54) is 32.0 Å². The van der Waals surface area contributed by atoms with Gasteiger partial charge >= 0.3 is 12.1 Å². The summed E-state index contributed by atoms with van der Waals surface area (Å²) in [5, 5.41) is 2.59. The fourth-order valence-corrected chi connectivity index (χ4v) is 6.16. The van der Waals surface area contributed by atoms with E-state index in [-0.39, 0.29) is 42.0 Å². The van der Waals surface area contributed by atoms with Crippen molar-refractivity contribution in [3.05, 3.63) is 23.8 Å². The maximum atomic E-state index is 13.7. The zero-order chi connectivity index (χ0) is 38.7. The van der Waals surface area contributed by atoms with Crippen LogP contribution in [0.25, 0.3) is 0 Å². The monoisotopic (exact) mass is 739 g/mol. The fourth-order valence-electron chi connectivity index (χ4n) is 4.99. The SMILES string of the molecule is CCCCCCCCS(=O)(=O)NCC(COC(C)C)OC(=O)c1ccc(NC(=O)C(C(=O)C(C)(C)C)N2C(=O)OC(C)(C)C2=O)c(OC(C)C)c1. The molecule has 0 spiro atoms. The van der Waals surface area contributed by atoms with Crippen LogP contribution in [-0.2, 0) is 38.6 Å². The second-order valence-electron chi connectivity index (χ2n) is 14.8. The van der Waals surface area contributed by atoms with Crippen LogP contribution in [0.15, 0.2) is 18.2 Å². The number of hydrogen-bond donors (Lipinski definition) is 2. The molecule has 1 heterocycles. The normalized spacial score (nSPS) is 15.9. The van der Waals surface area contributed by atoms with Crippen LogP contribution in [0.1, 0.15) is 118 Å². The molecule has 1 saturated heterocycles. The number of carbonyl (C=O) groups is 5.